The SMILES string of the molecule is COc1ccccc1CCNC(=O)c1cc(-c2ccc(F)cc2)n(C)n1. The number of aryl methyl sites for hydroxylation is 1. The zero-order valence-electron chi connectivity index (χ0n) is 14.7. The Morgan fingerprint density at radius 1 is 1.19 bits per heavy atom. The first-order valence-corrected chi connectivity index (χ1v) is 8.28. The molecule has 0 aliphatic rings. The van der Waals surface area contributed by atoms with Crippen LogP contribution in [-0.4, -0.2) is 29.3 Å². The van der Waals surface area contributed by atoms with Crippen molar-refractivity contribution >= 4 is 5.91 Å². The predicted octanol–water partition coefficient (Wildman–Crippen LogP) is 3.21. The molecule has 0 aliphatic heterocycles. The number of nitrogens with zero attached hydrogens (tertiary/aromatic N) is 2. The summed E-state index contributed by atoms with van der Waals surface area (Å²) < 4.78 is 20.0. The van der Waals surface area contributed by atoms with E-state index in [2.05, 4.69) is 10.4 Å². The van der Waals surface area contributed by atoms with E-state index in [-0.39, 0.29) is 11.7 Å². The summed E-state index contributed by atoms with van der Waals surface area (Å²) in [5.74, 6) is 0.257. The van der Waals surface area contributed by atoms with E-state index < -0.39 is 0 Å². The molecule has 3 rings (SSSR count). The van der Waals surface area contributed by atoms with Gasteiger partial charge in [0, 0.05) is 13.6 Å². The van der Waals surface area contributed by atoms with Gasteiger partial charge in [-0.15, -0.1) is 0 Å². The number of aromatic nitrogens is 2. The molecule has 0 fully saturated rings. The number of para-hydroxylation sites is 1. The molecular formula is C20H20FN3O2. The van der Waals surface area contributed by atoms with Crippen molar-refractivity contribution < 1.29 is 13.9 Å². The molecule has 134 valence electrons. The fourth-order valence-electron chi connectivity index (χ4n) is 2.78. The number of rotatable bonds is 6. The van der Waals surface area contributed by atoms with Gasteiger partial charge in [0.15, 0.2) is 5.69 Å². The number of halogens is 1. The lowest BCUT2D eigenvalue weighted by atomic mass is 10.1. The highest BCUT2D eigenvalue weighted by molar-refractivity contribution is 5.93. The molecule has 1 aromatic heterocycles. The first-order valence-electron chi connectivity index (χ1n) is 8.28. The Balaban J connectivity index is 1.65. The van der Waals surface area contributed by atoms with E-state index in [1.165, 1.54) is 12.1 Å². The maximum Gasteiger partial charge on any atom is 0.271 e. The van der Waals surface area contributed by atoms with Gasteiger partial charge in [-0.1, -0.05) is 18.2 Å². The number of carbonyl (C=O) groups is 1. The third-order valence-electron chi connectivity index (χ3n) is 4.12. The van der Waals surface area contributed by atoms with Crippen molar-refractivity contribution in [2.75, 3.05) is 13.7 Å². The Morgan fingerprint density at radius 2 is 1.92 bits per heavy atom. The predicted molar refractivity (Wildman–Crippen MR) is 97.6 cm³/mol. The van der Waals surface area contributed by atoms with Gasteiger partial charge in [-0.05, 0) is 53.9 Å². The third kappa shape index (κ3) is 3.91. The zero-order valence-corrected chi connectivity index (χ0v) is 14.7. The molecule has 0 spiro atoms. The highest BCUT2D eigenvalue weighted by Gasteiger charge is 2.14. The van der Waals surface area contributed by atoms with Gasteiger partial charge in [0.25, 0.3) is 5.91 Å². The number of methoxy groups -OCH3 is 1. The second kappa shape index (κ2) is 7.82. The average molecular weight is 353 g/mol. The molecule has 0 radical (unpaired) electrons. The van der Waals surface area contributed by atoms with Gasteiger partial charge in [0.05, 0.1) is 12.8 Å². The Labute approximate surface area is 151 Å². The molecule has 26 heavy (non-hydrogen) atoms. The summed E-state index contributed by atoms with van der Waals surface area (Å²) in [6.45, 7) is 0.474. The number of benzene rings is 2. The number of ether oxygens (including phenoxy) is 1. The third-order valence-corrected chi connectivity index (χ3v) is 4.12. The summed E-state index contributed by atoms with van der Waals surface area (Å²) in [4.78, 5) is 12.4. The van der Waals surface area contributed by atoms with Gasteiger partial charge in [-0.25, -0.2) is 4.39 Å². The first kappa shape index (κ1) is 17.7. The van der Waals surface area contributed by atoms with E-state index in [0.29, 0.717) is 18.7 Å². The van der Waals surface area contributed by atoms with Crippen LogP contribution in [0.25, 0.3) is 11.3 Å². The van der Waals surface area contributed by atoms with Gasteiger partial charge in [-0.3, -0.25) is 9.48 Å². The normalized spacial score (nSPS) is 10.6. The Bertz CT molecular complexity index is 904. The standard InChI is InChI=1S/C20H20FN3O2/c1-24-18(14-7-9-16(21)10-8-14)13-17(23-24)20(25)22-12-11-15-5-3-4-6-19(15)26-2/h3-10,13H,11-12H2,1-2H3,(H,22,25). The van der Waals surface area contributed by atoms with Crippen molar-refractivity contribution in [2.45, 2.75) is 6.42 Å². The zero-order chi connectivity index (χ0) is 18.5. The lowest BCUT2D eigenvalue weighted by Crippen LogP contribution is -2.26. The second-order valence-electron chi connectivity index (χ2n) is 5.86. The topological polar surface area (TPSA) is 56.1 Å². The lowest BCUT2D eigenvalue weighted by molar-refractivity contribution is 0.0948. The van der Waals surface area contributed by atoms with E-state index in [1.54, 1.807) is 37.0 Å². The second-order valence-corrected chi connectivity index (χ2v) is 5.86. The Hall–Kier alpha value is -3.15. The van der Waals surface area contributed by atoms with Gasteiger partial charge in [0.1, 0.15) is 11.6 Å². The molecule has 0 unspecified atom stereocenters. The van der Waals surface area contributed by atoms with Crippen molar-refractivity contribution in [3.05, 3.63) is 71.7 Å². The lowest BCUT2D eigenvalue weighted by Gasteiger charge is -2.08. The minimum absolute atomic E-state index is 0.246. The summed E-state index contributed by atoms with van der Waals surface area (Å²) in [7, 11) is 3.38. The van der Waals surface area contributed by atoms with E-state index in [1.807, 2.05) is 24.3 Å². The molecule has 0 saturated carbocycles. The Morgan fingerprint density at radius 3 is 2.65 bits per heavy atom. The molecule has 1 heterocycles. The van der Waals surface area contributed by atoms with Crippen molar-refractivity contribution in [2.24, 2.45) is 7.05 Å². The average Bonchev–Trinajstić information content (AvgIpc) is 3.04. The molecule has 5 nitrogen and oxygen atoms in total. The summed E-state index contributed by atoms with van der Waals surface area (Å²) >= 11 is 0. The molecule has 1 N–H and O–H groups in total. The van der Waals surface area contributed by atoms with E-state index in [4.69, 9.17) is 4.74 Å². The van der Waals surface area contributed by atoms with E-state index in [9.17, 15) is 9.18 Å². The maximum atomic E-state index is 13.1. The van der Waals surface area contributed by atoms with Crippen LogP contribution >= 0.6 is 0 Å². The first-order chi connectivity index (χ1) is 12.6. The molecule has 0 saturated heterocycles. The molecule has 6 heteroatoms. The van der Waals surface area contributed by atoms with Gasteiger partial charge >= 0.3 is 0 Å². The Kier molecular flexibility index (Phi) is 5.31. The molecule has 3 aromatic rings. The number of carbonyl (C=O) groups excluding carboxylic acids is 1. The van der Waals surface area contributed by atoms with Crippen LogP contribution in [0.1, 0.15) is 16.1 Å². The fourth-order valence-corrected chi connectivity index (χ4v) is 2.78. The van der Waals surface area contributed by atoms with Gasteiger partial charge < -0.3 is 10.1 Å². The summed E-state index contributed by atoms with van der Waals surface area (Å²) in [6.07, 6.45) is 0.660. The quantitative estimate of drug-likeness (QED) is 0.740. The maximum absolute atomic E-state index is 13.1. The van der Waals surface area contributed by atoms with Gasteiger partial charge in [0.2, 0.25) is 0 Å². The molecule has 0 atom stereocenters. The van der Waals surface area contributed by atoms with Crippen molar-refractivity contribution in [1.82, 2.24) is 15.1 Å². The highest BCUT2D eigenvalue weighted by Crippen LogP contribution is 2.20. The minimum Gasteiger partial charge on any atom is -0.496 e. The minimum atomic E-state index is -0.301. The number of amides is 1. The van der Waals surface area contributed by atoms with Crippen molar-refractivity contribution in [3.8, 4) is 17.0 Å². The molecule has 0 bridgehead atoms. The molecule has 2 aromatic carbocycles. The number of nitrogens with one attached hydrogen (secondary N) is 1. The van der Waals surface area contributed by atoms with Crippen LogP contribution in [0.15, 0.2) is 54.6 Å². The van der Waals surface area contributed by atoms with Crippen molar-refractivity contribution in [3.63, 3.8) is 0 Å². The van der Waals surface area contributed by atoms with Crippen LogP contribution in [0, 0.1) is 5.82 Å². The number of hydrogen-bond acceptors (Lipinski definition) is 3. The summed E-state index contributed by atoms with van der Waals surface area (Å²) in [5, 5.41) is 7.12. The summed E-state index contributed by atoms with van der Waals surface area (Å²) in [5.41, 5.74) is 2.91. The largest absolute Gasteiger partial charge is 0.496 e. The van der Waals surface area contributed by atoms with Crippen LogP contribution in [0.5, 0.6) is 5.75 Å². The monoisotopic (exact) mass is 353 g/mol. The molecular weight excluding hydrogens is 333 g/mol. The smallest absolute Gasteiger partial charge is 0.271 e. The highest BCUT2D eigenvalue weighted by atomic mass is 19.1. The molecule has 0 aliphatic carbocycles. The summed E-state index contributed by atoms with van der Waals surface area (Å²) in [6, 6.07) is 15.5. The van der Waals surface area contributed by atoms with Crippen LogP contribution < -0.4 is 10.1 Å². The van der Waals surface area contributed by atoms with Crippen LogP contribution in [0.3, 0.4) is 0 Å². The molecule has 1 amide bonds. The van der Waals surface area contributed by atoms with Crippen LogP contribution in [0.4, 0.5) is 4.39 Å². The van der Waals surface area contributed by atoms with E-state index >= 15 is 0 Å². The fraction of sp³-hybridized carbons (Fsp3) is 0.200. The van der Waals surface area contributed by atoms with Crippen molar-refractivity contribution in [1.29, 1.82) is 0 Å². The van der Waals surface area contributed by atoms with Crippen LogP contribution in [0.2, 0.25) is 0 Å². The van der Waals surface area contributed by atoms with E-state index in [0.717, 1.165) is 22.6 Å². The van der Waals surface area contributed by atoms with Crippen LogP contribution in [-0.2, 0) is 13.5 Å². The van der Waals surface area contributed by atoms with Gasteiger partial charge in [-0.2, -0.15) is 5.10 Å². The number of hydrogen-bond donors (Lipinski definition) is 1.